The van der Waals surface area contributed by atoms with Gasteiger partial charge in [0.2, 0.25) is 0 Å². The summed E-state index contributed by atoms with van der Waals surface area (Å²) in [4.78, 5) is 18.1. The first-order chi connectivity index (χ1) is 12.9. The largest absolute Gasteiger partial charge is 0.412 e. The Morgan fingerprint density at radius 2 is 2.07 bits per heavy atom. The van der Waals surface area contributed by atoms with Crippen molar-refractivity contribution in [1.29, 1.82) is 0 Å². The zero-order valence-corrected chi connectivity index (χ0v) is 14.4. The number of amides is 1. The molecule has 1 amide bonds. The summed E-state index contributed by atoms with van der Waals surface area (Å²) in [5, 5.41) is 9.46. The normalized spacial score (nSPS) is 16.9. The second kappa shape index (κ2) is 8.44. The van der Waals surface area contributed by atoms with Gasteiger partial charge >= 0.3 is 6.18 Å². The first-order valence-corrected chi connectivity index (χ1v) is 8.41. The summed E-state index contributed by atoms with van der Waals surface area (Å²) in [6.07, 6.45) is -0.895. The molecule has 0 radical (unpaired) electrons. The molecule has 0 aromatic carbocycles. The van der Waals surface area contributed by atoms with E-state index in [2.05, 4.69) is 20.2 Å². The molecule has 1 N–H and O–H groups in total. The number of hydrogen-bond acceptors (Lipinski definition) is 6. The van der Waals surface area contributed by atoms with Crippen LogP contribution in [0.1, 0.15) is 22.1 Å². The van der Waals surface area contributed by atoms with Crippen molar-refractivity contribution in [1.82, 2.24) is 30.2 Å². The van der Waals surface area contributed by atoms with E-state index in [4.69, 9.17) is 4.74 Å². The quantitative estimate of drug-likeness (QED) is 0.801. The third-order valence-electron chi connectivity index (χ3n) is 4.14. The molecule has 1 fully saturated rings. The maximum Gasteiger partial charge on any atom is 0.412 e. The highest BCUT2D eigenvalue weighted by Gasteiger charge is 2.42. The molecular formula is C16H19F3N6O2. The molecule has 0 aliphatic carbocycles. The minimum Gasteiger partial charge on any atom is -0.379 e. The summed E-state index contributed by atoms with van der Waals surface area (Å²) in [5.74, 6) is -0.946. The molecule has 3 rings (SSSR count). The molecule has 3 heterocycles. The van der Waals surface area contributed by atoms with Gasteiger partial charge < -0.3 is 10.1 Å². The van der Waals surface area contributed by atoms with Gasteiger partial charge in [-0.25, -0.2) is 0 Å². The van der Waals surface area contributed by atoms with Gasteiger partial charge in [-0.3, -0.25) is 19.4 Å². The third kappa shape index (κ3) is 5.23. The minimum atomic E-state index is -4.66. The molecule has 146 valence electrons. The summed E-state index contributed by atoms with van der Waals surface area (Å²) in [5.41, 5.74) is -0.326. The van der Waals surface area contributed by atoms with Crippen LogP contribution in [-0.2, 0) is 11.3 Å². The van der Waals surface area contributed by atoms with Crippen LogP contribution in [0.3, 0.4) is 0 Å². The standard InChI is InChI=1S/C16H19F3N6O2/c17-16(18,19)14(12-2-1-3-20-10-12)21-15(26)13-11-25(23-22-13)5-4-24-6-8-27-9-7-24/h1-3,10-11,14H,4-9H2,(H,21,26). The van der Waals surface area contributed by atoms with Crippen molar-refractivity contribution in [2.45, 2.75) is 18.8 Å². The maximum atomic E-state index is 13.3. The van der Waals surface area contributed by atoms with Crippen molar-refractivity contribution in [2.75, 3.05) is 32.8 Å². The zero-order valence-electron chi connectivity index (χ0n) is 14.4. The van der Waals surface area contributed by atoms with E-state index in [9.17, 15) is 18.0 Å². The molecule has 1 unspecified atom stereocenters. The van der Waals surface area contributed by atoms with Gasteiger partial charge in [-0.15, -0.1) is 5.10 Å². The molecular weight excluding hydrogens is 365 g/mol. The van der Waals surface area contributed by atoms with E-state index in [-0.39, 0.29) is 11.3 Å². The highest BCUT2D eigenvalue weighted by atomic mass is 19.4. The molecule has 0 spiro atoms. The van der Waals surface area contributed by atoms with Gasteiger partial charge in [-0.05, 0) is 6.07 Å². The fraction of sp³-hybridized carbons (Fsp3) is 0.500. The van der Waals surface area contributed by atoms with E-state index >= 15 is 0 Å². The highest BCUT2D eigenvalue weighted by Crippen LogP contribution is 2.32. The number of halogens is 3. The first kappa shape index (κ1) is 19.2. The van der Waals surface area contributed by atoms with Crippen LogP contribution in [0.15, 0.2) is 30.7 Å². The number of carbonyl (C=O) groups excluding carboxylic acids is 1. The van der Waals surface area contributed by atoms with Gasteiger partial charge in [0.15, 0.2) is 11.7 Å². The number of nitrogens with one attached hydrogen (secondary N) is 1. The van der Waals surface area contributed by atoms with Crippen molar-refractivity contribution >= 4 is 5.91 Å². The van der Waals surface area contributed by atoms with E-state index in [0.29, 0.717) is 26.3 Å². The Labute approximate surface area is 153 Å². The SMILES string of the molecule is O=C(NC(c1cccnc1)C(F)(F)F)c1cn(CCN2CCOCC2)nn1. The Bertz CT molecular complexity index is 746. The molecule has 1 saturated heterocycles. The topological polar surface area (TPSA) is 85.2 Å². The van der Waals surface area contributed by atoms with E-state index in [1.54, 1.807) is 0 Å². The van der Waals surface area contributed by atoms with Crippen LogP contribution in [0.25, 0.3) is 0 Å². The summed E-state index contributed by atoms with van der Waals surface area (Å²) in [7, 11) is 0. The number of alkyl halides is 3. The lowest BCUT2D eigenvalue weighted by Gasteiger charge is -2.26. The van der Waals surface area contributed by atoms with Crippen LogP contribution >= 0.6 is 0 Å². The average Bonchev–Trinajstić information content (AvgIpc) is 3.14. The summed E-state index contributed by atoms with van der Waals surface area (Å²) in [6.45, 7) is 4.11. The van der Waals surface area contributed by atoms with Crippen molar-refractivity contribution in [3.63, 3.8) is 0 Å². The van der Waals surface area contributed by atoms with Gasteiger partial charge in [0.25, 0.3) is 5.91 Å². The Morgan fingerprint density at radius 3 is 2.74 bits per heavy atom. The summed E-state index contributed by atoms with van der Waals surface area (Å²) in [6, 6.07) is 0.462. The third-order valence-corrected chi connectivity index (χ3v) is 4.14. The van der Waals surface area contributed by atoms with Crippen LogP contribution in [0.2, 0.25) is 0 Å². The number of carbonyl (C=O) groups is 1. The Balaban J connectivity index is 1.62. The van der Waals surface area contributed by atoms with Gasteiger partial charge in [-0.1, -0.05) is 11.3 Å². The monoisotopic (exact) mass is 384 g/mol. The van der Waals surface area contributed by atoms with Crippen LogP contribution < -0.4 is 5.32 Å². The molecule has 2 aromatic rings. The summed E-state index contributed by atoms with van der Waals surface area (Å²) < 4.78 is 46.6. The Kier molecular flexibility index (Phi) is 6.01. The molecule has 1 aliphatic rings. The van der Waals surface area contributed by atoms with Crippen molar-refractivity contribution in [3.05, 3.63) is 42.0 Å². The second-order valence-electron chi connectivity index (χ2n) is 6.06. The molecule has 1 aliphatic heterocycles. The molecule has 0 saturated carbocycles. The fourth-order valence-corrected chi connectivity index (χ4v) is 2.69. The fourth-order valence-electron chi connectivity index (χ4n) is 2.69. The lowest BCUT2D eigenvalue weighted by Crippen LogP contribution is -2.38. The predicted molar refractivity (Wildman–Crippen MR) is 87.8 cm³/mol. The average molecular weight is 384 g/mol. The number of nitrogens with zero attached hydrogens (tertiary/aromatic N) is 5. The number of aromatic nitrogens is 4. The van der Waals surface area contributed by atoms with Crippen molar-refractivity contribution < 1.29 is 22.7 Å². The number of hydrogen-bond donors (Lipinski definition) is 1. The Morgan fingerprint density at radius 1 is 1.30 bits per heavy atom. The van der Waals surface area contributed by atoms with Crippen molar-refractivity contribution in [3.8, 4) is 0 Å². The molecule has 8 nitrogen and oxygen atoms in total. The molecule has 1 atom stereocenters. The highest BCUT2D eigenvalue weighted by molar-refractivity contribution is 5.92. The molecule has 0 bridgehead atoms. The van der Waals surface area contributed by atoms with E-state index < -0.39 is 18.1 Å². The number of morpholine rings is 1. The smallest absolute Gasteiger partial charge is 0.379 e. The van der Waals surface area contributed by atoms with Gasteiger partial charge in [0.1, 0.15) is 0 Å². The molecule has 2 aromatic heterocycles. The maximum absolute atomic E-state index is 13.3. The number of ether oxygens (including phenoxy) is 1. The van der Waals surface area contributed by atoms with Crippen LogP contribution in [0, 0.1) is 0 Å². The van der Waals surface area contributed by atoms with Crippen LogP contribution in [0.5, 0.6) is 0 Å². The lowest BCUT2D eigenvalue weighted by atomic mass is 10.1. The summed E-state index contributed by atoms with van der Waals surface area (Å²) >= 11 is 0. The molecule has 11 heteroatoms. The number of pyridine rings is 1. The van der Waals surface area contributed by atoms with E-state index in [1.807, 2.05) is 5.32 Å². The minimum absolute atomic E-state index is 0.155. The van der Waals surface area contributed by atoms with Gasteiger partial charge in [0.05, 0.1) is 26.0 Å². The van der Waals surface area contributed by atoms with Crippen LogP contribution in [0.4, 0.5) is 13.2 Å². The number of rotatable bonds is 6. The predicted octanol–water partition coefficient (Wildman–Crippen LogP) is 1.04. The zero-order chi connectivity index (χ0) is 19.3. The van der Waals surface area contributed by atoms with E-state index in [0.717, 1.165) is 19.3 Å². The second-order valence-corrected chi connectivity index (χ2v) is 6.06. The molecule has 27 heavy (non-hydrogen) atoms. The van der Waals surface area contributed by atoms with Gasteiger partial charge in [-0.2, -0.15) is 13.2 Å². The first-order valence-electron chi connectivity index (χ1n) is 8.41. The lowest BCUT2D eigenvalue weighted by molar-refractivity contribution is -0.155. The van der Waals surface area contributed by atoms with Gasteiger partial charge in [0, 0.05) is 37.6 Å². The van der Waals surface area contributed by atoms with E-state index in [1.165, 1.54) is 29.2 Å². The Hall–Kier alpha value is -2.53. The van der Waals surface area contributed by atoms with Crippen LogP contribution in [-0.4, -0.2) is 69.8 Å². The van der Waals surface area contributed by atoms with Crippen molar-refractivity contribution in [2.24, 2.45) is 0 Å².